The smallest absolute Gasteiger partial charge is 0.0888 e. The minimum Gasteiger partial charge on any atom is -0.373 e. The molecule has 0 bridgehead atoms. The molecule has 0 aliphatic carbocycles. The summed E-state index contributed by atoms with van der Waals surface area (Å²) in [6.07, 6.45) is 3.98. The molecule has 0 saturated heterocycles. The molecule has 0 radical (unpaired) electrons. The van der Waals surface area contributed by atoms with Gasteiger partial charge in [-0.05, 0) is 46.7 Å². The summed E-state index contributed by atoms with van der Waals surface area (Å²) < 4.78 is 8.32. The summed E-state index contributed by atoms with van der Waals surface area (Å²) in [5, 5.41) is 4.38. The highest BCUT2D eigenvalue weighted by atomic mass is 32.1. The normalized spacial score (nSPS) is 17.8. The van der Waals surface area contributed by atoms with Crippen LogP contribution in [0.15, 0.2) is 59.6 Å². The van der Waals surface area contributed by atoms with Crippen LogP contribution in [0, 0.1) is 0 Å². The largest absolute Gasteiger partial charge is 0.373 e. The number of ether oxygens (including phenoxy) is 1. The van der Waals surface area contributed by atoms with Crippen molar-refractivity contribution in [3.05, 3.63) is 76.5 Å². The van der Waals surface area contributed by atoms with E-state index in [1.807, 2.05) is 24.4 Å². The standard InChI is InChI=1S/C19H21N3OS/c1-2-7-20-17(4-1)13-23-14-19-12-21(10-16-6-9-24-15-16)11-18-5-3-8-22(18)19/h1-9,15,19H,10-14H2. The van der Waals surface area contributed by atoms with Crippen molar-refractivity contribution in [2.45, 2.75) is 25.7 Å². The summed E-state index contributed by atoms with van der Waals surface area (Å²) in [5.41, 5.74) is 3.74. The van der Waals surface area contributed by atoms with Crippen LogP contribution >= 0.6 is 11.3 Å². The van der Waals surface area contributed by atoms with Crippen LogP contribution in [0.5, 0.6) is 0 Å². The summed E-state index contributed by atoms with van der Waals surface area (Å²) in [6.45, 7) is 4.29. The zero-order valence-electron chi connectivity index (χ0n) is 13.5. The number of hydrogen-bond donors (Lipinski definition) is 0. The van der Waals surface area contributed by atoms with Gasteiger partial charge in [-0.25, -0.2) is 0 Å². The molecule has 0 spiro atoms. The van der Waals surface area contributed by atoms with Gasteiger partial charge >= 0.3 is 0 Å². The van der Waals surface area contributed by atoms with E-state index in [2.05, 4.69) is 49.6 Å². The van der Waals surface area contributed by atoms with Crippen LogP contribution in [-0.4, -0.2) is 27.6 Å². The maximum Gasteiger partial charge on any atom is 0.0888 e. The lowest BCUT2D eigenvalue weighted by Gasteiger charge is -2.34. The van der Waals surface area contributed by atoms with Crippen LogP contribution in [0.3, 0.4) is 0 Å². The topological polar surface area (TPSA) is 30.3 Å². The summed E-state index contributed by atoms with van der Waals surface area (Å²) in [6, 6.07) is 12.8. The minimum atomic E-state index is 0.353. The highest BCUT2D eigenvalue weighted by Crippen LogP contribution is 2.24. The van der Waals surface area contributed by atoms with Crippen LogP contribution in [0.25, 0.3) is 0 Å². The number of rotatable bonds is 6. The predicted molar refractivity (Wildman–Crippen MR) is 95.8 cm³/mol. The van der Waals surface area contributed by atoms with Gasteiger partial charge in [0, 0.05) is 37.7 Å². The zero-order chi connectivity index (χ0) is 16.2. The molecule has 1 aliphatic heterocycles. The van der Waals surface area contributed by atoms with Crippen LogP contribution in [0.2, 0.25) is 0 Å². The predicted octanol–water partition coefficient (Wildman–Crippen LogP) is 3.72. The molecule has 3 aromatic rings. The van der Waals surface area contributed by atoms with Gasteiger partial charge < -0.3 is 9.30 Å². The lowest BCUT2D eigenvalue weighted by atomic mass is 10.1. The molecule has 24 heavy (non-hydrogen) atoms. The van der Waals surface area contributed by atoms with Gasteiger partial charge in [0.1, 0.15) is 0 Å². The van der Waals surface area contributed by atoms with E-state index in [9.17, 15) is 0 Å². The minimum absolute atomic E-state index is 0.353. The lowest BCUT2D eigenvalue weighted by Crippen LogP contribution is -2.38. The van der Waals surface area contributed by atoms with Crippen molar-refractivity contribution in [3.63, 3.8) is 0 Å². The molecule has 3 aromatic heterocycles. The molecule has 4 nitrogen and oxygen atoms in total. The van der Waals surface area contributed by atoms with Gasteiger partial charge in [-0.3, -0.25) is 9.88 Å². The fraction of sp³-hybridized carbons (Fsp3) is 0.316. The Morgan fingerprint density at radius 2 is 2.21 bits per heavy atom. The van der Waals surface area contributed by atoms with Crippen LogP contribution in [0.1, 0.15) is 23.0 Å². The molecule has 1 atom stereocenters. The molecule has 5 heteroatoms. The van der Waals surface area contributed by atoms with E-state index in [0.717, 1.165) is 25.3 Å². The molecule has 0 N–H and O–H groups in total. The molecule has 4 rings (SSSR count). The first-order chi connectivity index (χ1) is 11.9. The van der Waals surface area contributed by atoms with Crippen molar-refractivity contribution in [3.8, 4) is 0 Å². The molecule has 0 amide bonds. The van der Waals surface area contributed by atoms with Crippen molar-refractivity contribution in [2.75, 3.05) is 13.2 Å². The van der Waals surface area contributed by atoms with Crippen LogP contribution in [0.4, 0.5) is 0 Å². The number of aromatic nitrogens is 2. The molecule has 0 saturated carbocycles. The molecule has 124 valence electrons. The number of hydrogen-bond acceptors (Lipinski definition) is 4. The quantitative estimate of drug-likeness (QED) is 0.686. The Morgan fingerprint density at radius 1 is 1.21 bits per heavy atom. The Balaban J connectivity index is 1.40. The Morgan fingerprint density at radius 3 is 3.04 bits per heavy atom. The van der Waals surface area contributed by atoms with Gasteiger partial charge in [0.15, 0.2) is 0 Å². The third-order valence-electron chi connectivity index (χ3n) is 4.39. The molecule has 1 aliphatic rings. The molecule has 0 fully saturated rings. The first kappa shape index (κ1) is 15.6. The van der Waals surface area contributed by atoms with Crippen molar-refractivity contribution in [1.82, 2.24) is 14.5 Å². The first-order valence-electron chi connectivity index (χ1n) is 8.25. The second kappa shape index (κ2) is 7.30. The van der Waals surface area contributed by atoms with Gasteiger partial charge in [0.2, 0.25) is 0 Å². The lowest BCUT2D eigenvalue weighted by molar-refractivity contribution is 0.0574. The summed E-state index contributed by atoms with van der Waals surface area (Å²) in [5.74, 6) is 0. The third-order valence-corrected chi connectivity index (χ3v) is 5.12. The van der Waals surface area contributed by atoms with Crippen molar-refractivity contribution >= 4 is 11.3 Å². The Bertz CT molecular complexity index is 754. The SMILES string of the molecule is c1ccc(COCC2CN(Cc3ccsc3)Cc3cccn32)nc1. The number of pyridine rings is 1. The Hall–Kier alpha value is -1.95. The van der Waals surface area contributed by atoms with Gasteiger partial charge in [-0.15, -0.1) is 0 Å². The average Bonchev–Trinajstić information content (AvgIpc) is 3.27. The van der Waals surface area contributed by atoms with Gasteiger partial charge in [0.05, 0.1) is 24.9 Å². The third kappa shape index (κ3) is 3.59. The highest BCUT2D eigenvalue weighted by molar-refractivity contribution is 7.07. The van der Waals surface area contributed by atoms with E-state index >= 15 is 0 Å². The fourth-order valence-electron chi connectivity index (χ4n) is 3.28. The van der Waals surface area contributed by atoms with Crippen molar-refractivity contribution < 1.29 is 4.74 Å². The number of fused-ring (bicyclic) bond motifs is 1. The van der Waals surface area contributed by atoms with Crippen molar-refractivity contribution in [2.24, 2.45) is 0 Å². The van der Waals surface area contributed by atoms with E-state index in [1.54, 1.807) is 11.3 Å². The van der Waals surface area contributed by atoms with Crippen LogP contribution < -0.4 is 0 Å². The second-order valence-corrected chi connectivity index (χ2v) is 6.98. The maximum absolute atomic E-state index is 5.96. The van der Waals surface area contributed by atoms with Gasteiger partial charge in [-0.1, -0.05) is 6.07 Å². The average molecular weight is 339 g/mol. The monoisotopic (exact) mass is 339 g/mol. The number of thiophene rings is 1. The first-order valence-corrected chi connectivity index (χ1v) is 9.19. The van der Waals surface area contributed by atoms with E-state index in [-0.39, 0.29) is 0 Å². The van der Waals surface area contributed by atoms with Gasteiger partial charge in [0.25, 0.3) is 0 Å². The Labute approximate surface area is 146 Å². The molecular formula is C19H21N3OS. The fourth-order valence-corrected chi connectivity index (χ4v) is 3.94. The molecule has 4 heterocycles. The zero-order valence-corrected chi connectivity index (χ0v) is 14.4. The molecular weight excluding hydrogens is 318 g/mol. The van der Waals surface area contributed by atoms with E-state index < -0.39 is 0 Å². The maximum atomic E-state index is 5.96. The summed E-state index contributed by atoms with van der Waals surface area (Å²) >= 11 is 1.76. The molecule has 0 aromatic carbocycles. The van der Waals surface area contributed by atoms with E-state index in [4.69, 9.17) is 4.74 Å². The van der Waals surface area contributed by atoms with E-state index in [1.165, 1.54) is 11.3 Å². The van der Waals surface area contributed by atoms with Crippen molar-refractivity contribution in [1.29, 1.82) is 0 Å². The number of nitrogens with zero attached hydrogens (tertiary/aromatic N) is 3. The highest BCUT2D eigenvalue weighted by Gasteiger charge is 2.24. The Kier molecular flexibility index (Phi) is 4.74. The summed E-state index contributed by atoms with van der Waals surface area (Å²) in [7, 11) is 0. The van der Waals surface area contributed by atoms with Crippen LogP contribution in [-0.2, 0) is 24.4 Å². The van der Waals surface area contributed by atoms with E-state index in [0.29, 0.717) is 19.3 Å². The van der Waals surface area contributed by atoms with Gasteiger partial charge in [-0.2, -0.15) is 11.3 Å². The molecule has 1 unspecified atom stereocenters. The summed E-state index contributed by atoms with van der Waals surface area (Å²) in [4.78, 5) is 6.83. The second-order valence-electron chi connectivity index (χ2n) is 6.20.